The third-order valence-corrected chi connectivity index (χ3v) is 7.86. The third kappa shape index (κ3) is 6.65. The predicted octanol–water partition coefficient (Wildman–Crippen LogP) is 7.02. The van der Waals surface area contributed by atoms with Crippen molar-refractivity contribution in [3.63, 3.8) is 0 Å². The topological polar surface area (TPSA) is 66.8 Å². The van der Waals surface area contributed by atoms with Crippen LogP contribution in [-0.2, 0) is 16.0 Å². The van der Waals surface area contributed by atoms with Crippen molar-refractivity contribution in [3.8, 4) is 16.9 Å². The molecule has 1 N–H and O–H groups in total. The third-order valence-electron chi connectivity index (χ3n) is 5.06. The number of carboxylic acid groups (broad SMARTS) is 1. The maximum atomic E-state index is 12.9. The standard InChI is InChI=1S/C25H19Cl2NO4S3/c26-17-5-6-20(21(27)12-17)16-11-19(34-14-16)13-22-24(31)28(25(33)35-22)7-2-8-32-18-4-1-3-15(9-18)10-23(29)30/h1,3-6,9,11-14H,2,7-8,10H2,(H,29,30). The molecule has 5 nitrogen and oxygen atoms in total. The SMILES string of the molecule is O=C(O)Cc1cccc(OCCCN2C(=O)C(=Cc3cc(-c4ccc(Cl)cc4Cl)cs3)SC2=S)c1. The molecule has 1 amide bonds. The number of carboxylic acids is 1. The molecule has 180 valence electrons. The van der Waals surface area contributed by atoms with Crippen LogP contribution in [0.25, 0.3) is 17.2 Å². The Bertz CT molecular complexity index is 1320. The summed E-state index contributed by atoms with van der Waals surface area (Å²) in [4.78, 5) is 26.9. The van der Waals surface area contributed by atoms with Gasteiger partial charge in [0.2, 0.25) is 0 Å². The molecule has 0 radical (unpaired) electrons. The zero-order valence-corrected chi connectivity index (χ0v) is 22.2. The van der Waals surface area contributed by atoms with Gasteiger partial charge in [-0.1, -0.05) is 65.4 Å². The summed E-state index contributed by atoms with van der Waals surface area (Å²) in [6.07, 6.45) is 2.38. The second-order valence-electron chi connectivity index (χ2n) is 7.62. The van der Waals surface area contributed by atoms with Crippen LogP contribution in [0.5, 0.6) is 5.75 Å². The number of hydrogen-bond donors (Lipinski definition) is 1. The van der Waals surface area contributed by atoms with E-state index in [2.05, 4.69) is 0 Å². The molecule has 0 bridgehead atoms. The molecule has 4 rings (SSSR count). The van der Waals surface area contributed by atoms with E-state index in [-0.39, 0.29) is 12.3 Å². The Morgan fingerprint density at radius 2 is 2.00 bits per heavy atom. The summed E-state index contributed by atoms with van der Waals surface area (Å²) in [5.41, 5.74) is 2.52. The van der Waals surface area contributed by atoms with Gasteiger partial charge in [0.1, 0.15) is 10.1 Å². The van der Waals surface area contributed by atoms with E-state index in [1.165, 1.54) is 23.1 Å². The molecule has 1 saturated heterocycles. The lowest BCUT2D eigenvalue weighted by molar-refractivity contribution is -0.136. The Hall–Kier alpha value is -2.36. The van der Waals surface area contributed by atoms with Crippen LogP contribution in [0, 0.1) is 0 Å². The van der Waals surface area contributed by atoms with Crippen molar-refractivity contribution in [3.05, 3.63) is 79.3 Å². The van der Waals surface area contributed by atoms with Crippen molar-refractivity contribution < 1.29 is 19.4 Å². The maximum Gasteiger partial charge on any atom is 0.307 e. The minimum atomic E-state index is -0.892. The van der Waals surface area contributed by atoms with E-state index >= 15 is 0 Å². The summed E-state index contributed by atoms with van der Waals surface area (Å²) in [6.45, 7) is 0.815. The largest absolute Gasteiger partial charge is 0.494 e. The van der Waals surface area contributed by atoms with Crippen molar-refractivity contribution in [1.29, 1.82) is 0 Å². The Kier molecular flexibility index (Phi) is 8.51. The summed E-state index contributed by atoms with van der Waals surface area (Å²) in [6, 6.07) is 14.4. The molecule has 35 heavy (non-hydrogen) atoms. The van der Waals surface area contributed by atoms with Crippen LogP contribution in [0.3, 0.4) is 0 Å². The van der Waals surface area contributed by atoms with Gasteiger partial charge >= 0.3 is 5.97 Å². The highest BCUT2D eigenvalue weighted by molar-refractivity contribution is 8.26. The first-order valence-electron chi connectivity index (χ1n) is 10.5. The number of rotatable bonds is 9. The number of hydrogen-bond acceptors (Lipinski definition) is 6. The van der Waals surface area contributed by atoms with Gasteiger partial charge in [-0.05, 0) is 59.3 Å². The minimum Gasteiger partial charge on any atom is -0.494 e. The normalized spacial score (nSPS) is 14.7. The molecule has 1 aromatic heterocycles. The van der Waals surface area contributed by atoms with E-state index in [0.29, 0.717) is 50.2 Å². The highest BCUT2D eigenvalue weighted by Crippen LogP contribution is 2.37. The summed E-state index contributed by atoms with van der Waals surface area (Å²) < 4.78 is 6.25. The van der Waals surface area contributed by atoms with Gasteiger partial charge < -0.3 is 9.84 Å². The average Bonchev–Trinajstić information content (AvgIpc) is 3.36. The molecule has 1 aliphatic heterocycles. The van der Waals surface area contributed by atoms with Gasteiger partial charge in [-0.25, -0.2) is 0 Å². The molecule has 3 aromatic rings. The number of thiophene rings is 1. The van der Waals surface area contributed by atoms with E-state index in [4.69, 9.17) is 45.3 Å². The number of carbonyl (C=O) groups is 2. The average molecular weight is 565 g/mol. The molecular weight excluding hydrogens is 545 g/mol. The van der Waals surface area contributed by atoms with E-state index in [1.54, 1.807) is 41.3 Å². The van der Waals surface area contributed by atoms with Gasteiger partial charge in [0.05, 0.1) is 17.9 Å². The number of carbonyl (C=O) groups excluding carboxylic acids is 1. The Labute approximate surface area is 226 Å². The van der Waals surface area contributed by atoms with Gasteiger partial charge in [-0.15, -0.1) is 11.3 Å². The zero-order chi connectivity index (χ0) is 24.9. The molecule has 10 heteroatoms. The number of thiocarbonyl (C=S) groups is 1. The maximum absolute atomic E-state index is 12.9. The number of ether oxygens (including phenoxy) is 1. The Morgan fingerprint density at radius 3 is 2.77 bits per heavy atom. The summed E-state index contributed by atoms with van der Waals surface area (Å²) in [5, 5.41) is 12.1. The molecule has 0 spiro atoms. The molecule has 2 heterocycles. The second-order valence-corrected chi connectivity index (χ2v) is 11.1. The molecule has 0 atom stereocenters. The van der Waals surface area contributed by atoms with E-state index in [9.17, 15) is 9.59 Å². The second kappa shape index (κ2) is 11.6. The summed E-state index contributed by atoms with van der Waals surface area (Å²) >= 11 is 20.5. The van der Waals surface area contributed by atoms with Crippen molar-refractivity contribution >= 4 is 80.8 Å². The van der Waals surface area contributed by atoms with Crippen LogP contribution in [0.15, 0.2) is 58.8 Å². The fourth-order valence-electron chi connectivity index (χ4n) is 3.45. The molecule has 2 aromatic carbocycles. The van der Waals surface area contributed by atoms with E-state index < -0.39 is 5.97 Å². The first-order valence-corrected chi connectivity index (χ1v) is 13.4. The quantitative estimate of drug-likeness (QED) is 0.171. The van der Waals surface area contributed by atoms with Gasteiger partial charge in [-0.3, -0.25) is 14.5 Å². The number of amides is 1. The predicted molar refractivity (Wildman–Crippen MR) is 148 cm³/mol. The smallest absolute Gasteiger partial charge is 0.307 e. The molecule has 0 aliphatic carbocycles. The van der Waals surface area contributed by atoms with Crippen LogP contribution < -0.4 is 4.74 Å². The fourth-order valence-corrected chi connectivity index (χ4v) is 6.18. The zero-order valence-electron chi connectivity index (χ0n) is 18.2. The highest BCUT2D eigenvalue weighted by atomic mass is 35.5. The van der Waals surface area contributed by atoms with Crippen LogP contribution in [0.4, 0.5) is 0 Å². The van der Waals surface area contributed by atoms with Crippen molar-refractivity contribution in [2.24, 2.45) is 0 Å². The number of nitrogens with zero attached hydrogens (tertiary/aromatic N) is 1. The van der Waals surface area contributed by atoms with Crippen LogP contribution in [0.1, 0.15) is 16.9 Å². The molecule has 1 aliphatic rings. The van der Waals surface area contributed by atoms with E-state index in [1.807, 2.05) is 23.6 Å². The lowest BCUT2D eigenvalue weighted by Gasteiger charge is -2.14. The summed E-state index contributed by atoms with van der Waals surface area (Å²) in [5.74, 6) is -0.414. The Morgan fingerprint density at radius 1 is 1.17 bits per heavy atom. The number of aliphatic carboxylic acids is 1. The van der Waals surface area contributed by atoms with Crippen LogP contribution >= 0.6 is 58.5 Å². The van der Waals surface area contributed by atoms with Crippen LogP contribution in [0.2, 0.25) is 10.0 Å². The fraction of sp³-hybridized carbons (Fsp3) is 0.160. The van der Waals surface area contributed by atoms with Gasteiger partial charge in [-0.2, -0.15) is 0 Å². The molecule has 0 saturated carbocycles. The molecule has 1 fully saturated rings. The van der Waals surface area contributed by atoms with Gasteiger partial charge in [0.25, 0.3) is 5.91 Å². The van der Waals surface area contributed by atoms with Crippen molar-refractivity contribution in [1.82, 2.24) is 4.90 Å². The lowest BCUT2D eigenvalue weighted by Crippen LogP contribution is -2.29. The molecular formula is C25H19Cl2NO4S3. The first kappa shape index (κ1) is 25.7. The van der Waals surface area contributed by atoms with E-state index in [0.717, 1.165) is 16.0 Å². The molecule has 0 unspecified atom stereocenters. The van der Waals surface area contributed by atoms with Gasteiger partial charge in [0.15, 0.2) is 0 Å². The van der Waals surface area contributed by atoms with Crippen molar-refractivity contribution in [2.75, 3.05) is 13.2 Å². The number of halogens is 2. The van der Waals surface area contributed by atoms with Crippen LogP contribution in [-0.4, -0.2) is 39.4 Å². The monoisotopic (exact) mass is 563 g/mol. The summed E-state index contributed by atoms with van der Waals surface area (Å²) in [7, 11) is 0. The Balaban J connectivity index is 1.34. The lowest BCUT2D eigenvalue weighted by atomic mass is 10.1. The van der Waals surface area contributed by atoms with Crippen molar-refractivity contribution in [2.45, 2.75) is 12.8 Å². The minimum absolute atomic E-state index is 0.0570. The first-order chi connectivity index (χ1) is 16.8. The van der Waals surface area contributed by atoms with Gasteiger partial charge in [0, 0.05) is 27.0 Å². The number of thioether (sulfide) groups is 1. The number of benzene rings is 2. The highest BCUT2D eigenvalue weighted by Gasteiger charge is 2.31.